The minimum atomic E-state index is -0.519. The largest absolute Gasteiger partial charge is 0.309 e. The van der Waals surface area contributed by atoms with Crippen molar-refractivity contribution in [2.75, 3.05) is 4.90 Å². The second kappa shape index (κ2) is 13.7. The smallest absolute Gasteiger partial charge is 0.0714 e. The van der Waals surface area contributed by atoms with E-state index in [9.17, 15) is 0 Å². The zero-order valence-corrected chi connectivity index (χ0v) is 33.3. The molecule has 0 saturated carbocycles. The average molecular weight is 754 g/mol. The first-order valence-corrected chi connectivity index (χ1v) is 20.7. The number of nitrogens with zero attached hydrogens (tertiary/aromatic N) is 1. The Morgan fingerprint density at radius 2 is 0.746 bits per heavy atom. The molecule has 2 aliphatic rings. The summed E-state index contributed by atoms with van der Waals surface area (Å²) in [6.07, 6.45) is 0. The SMILES string of the molecule is CC1(C)c2ccccc2-c2ccc(-c3ccccc3N(c3ccc4c(c3)C(c3ccccc3)(c3ccccc3)c3ccccc3-4)c3ccccc3-c3ccccc3)cc21. The lowest BCUT2D eigenvalue weighted by molar-refractivity contribution is 0.660. The van der Waals surface area contributed by atoms with E-state index in [1.165, 1.54) is 77.9 Å². The summed E-state index contributed by atoms with van der Waals surface area (Å²) in [6, 6.07) is 83.0. The highest BCUT2D eigenvalue weighted by molar-refractivity contribution is 5.96. The molecule has 0 spiro atoms. The van der Waals surface area contributed by atoms with Gasteiger partial charge in [0.2, 0.25) is 0 Å². The molecule has 11 rings (SSSR count). The summed E-state index contributed by atoms with van der Waals surface area (Å²) >= 11 is 0. The summed E-state index contributed by atoms with van der Waals surface area (Å²) < 4.78 is 0. The van der Waals surface area contributed by atoms with Crippen LogP contribution in [0.25, 0.3) is 44.5 Å². The van der Waals surface area contributed by atoms with Crippen molar-refractivity contribution in [1.29, 1.82) is 0 Å². The van der Waals surface area contributed by atoms with Gasteiger partial charge in [0.25, 0.3) is 0 Å². The van der Waals surface area contributed by atoms with Crippen LogP contribution in [0.5, 0.6) is 0 Å². The van der Waals surface area contributed by atoms with E-state index in [-0.39, 0.29) is 5.41 Å². The van der Waals surface area contributed by atoms with Gasteiger partial charge in [0.05, 0.1) is 16.8 Å². The maximum Gasteiger partial charge on any atom is 0.0714 e. The molecular weight excluding hydrogens is 711 g/mol. The van der Waals surface area contributed by atoms with Crippen molar-refractivity contribution in [3.63, 3.8) is 0 Å². The van der Waals surface area contributed by atoms with Crippen molar-refractivity contribution in [3.8, 4) is 44.5 Å². The highest BCUT2D eigenvalue weighted by Gasteiger charge is 2.46. The van der Waals surface area contributed by atoms with Crippen LogP contribution in [-0.4, -0.2) is 0 Å². The highest BCUT2D eigenvalue weighted by atomic mass is 15.1. The second-order valence-electron chi connectivity index (χ2n) is 16.4. The monoisotopic (exact) mass is 753 g/mol. The molecule has 0 fully saturated rings. The Morgan fingerprint density at radius 1 is 0.305 bits per heavy atom. The molecule has 0 radical (unpaired) electrons. The molecule has 0 aliphatic heterocycles. The molecule has 9 aromatic rings. The Labute approximate surface area is 347 Å². The highest BCUT2D eigenvalue weighted by Crippen LogP contribution is 2.58. The minimum Gasteiger partial charge on any atom is -0.309 e. The lowest BCUT2D eigenvalue weighted by Crippen LogP contribution is -2.28. The number of hydrogen-bond donors (Lipinski definition) is 0. The van der Waals surface area contributed by atoms with E-state index in [1.54, 1.807) is 0 Å². The lowest BCUT2D eigenvalue weighted by atomic mass is 9.67. The average Bonchev–Trinajstić information content (AvgIpc) is 3.73. The van der Waals surface area contributed by atoms with Gasteiger partial charge in [-0.3, -0.25) is 0 Å². The second-order valence-corrected chi connectivity index (χ2v) is 16.4. The van der Waals surface area contributed by atoms with Gasteiger partial charge in [-0.1, -0.05) is 208 Å². The van der Waals surface area contributed by atoms with Crippen LogP contribution in [-0.2, 0) is 10.8 Å². The van der Waals surface area contributed by atoms with Gasteiger partial charge in [-0.05, 0) is 97.1 Å². The molecule has 9 aromatic carbocycles. The zero-order valence-electron chi connectivity index (χ0n) is 33.3. The van der Waals surface area contributed by atoms with Crippen LogP contribution >= 0.6 is 0 Å². The number of fused-ring (bicyclic) bond motifs is 6. The van der Waals surface area contributed by atoms with Gasteiger partial charge in [-0.2, -0.15) is 0 Å². The first-order chi connectivity index (χ1) is 29.0. The zero-order chi connectivity index (χ0) is 39.6. The number of rotatable bonds is 7. The standard InChI is InChI=1S/C58H43N/c1-57(2)51-30-16-12-28-47(51)49-36-34-41(38-53(49)57)46-27-15-19-33-56(46)59(55-32-18-14-26-45(55)40-20-6-3-7-21-40)44-35-37-50-48-29-13-17-31-52(48)58(54(50)39-44,42-22-8-4-9-23-42)43-24-10-5-11-25-43/h3-39H,1-2H3. The topological polar surface area (TPSA) is 3.24 Å². The summed E-state index contributed by atoms with van der Waals surface area (Å²) in [5.74, 6) is 0. The Bertz CT molecular complexity index is 2970. The first-order valence-electron chi connectivity index (χ1n) is 20.7. The molecule has 280 valence electrons. The van der Waals surface area contributed by atoms with Crippen LogP contribution in [0.3, 0.4) is 0 Å². The Kier molecular flexibility index (Phi) is 8.13. The van der Waals surface area contributed by atoms with Crippen molar-refractivity contribution in [3.05, 3.63) is 258 Å². The Balaban J connectivity index is 1.18. The van der Waals surface area contributed by atoms with Gasteiger partial charge in [0, 0.05) is 22.2 Å². The number of para-hydroxylation sites is 2. The van der Waals surface area contributed by atoms with E-state index >= 15 is 0 Å². The third-order valence-corrected chi connectivity index (χ3v) is 13.0. The van der Waals surface area contributed by atoms with Crippen LogP contribution in [0.2, 0.25) is 0 Å². The van der Waals surface area contributed by atoms with Crippen molar-refractivity contribution in [2.45, 2.75) is 24.7 Å². The van der Waals surface area contributed by atoms with Gasteiger partial charge in [0.15, 0.2) is 0 Å². The molecule has 1 nitrogen and oxygen atoms in total. The van der Waals surface area contributed by atoms with Crippen LogP contribution in [0, 0.1) is 0 Å². The van der Waals surface area contributed by atoms with Gasteiger partial charge >= 0.3 is 0 Å². The molecule has 0 bridgehead atoms. The molecule has 0 aromatic heterocycles. The summed E-state index contributed by atoms with van der Waals surface area (Å²) in [4.78, 5) is 2.51. The molecule has 0 atom stereocenters. The van der Waals surface area contributed by atoms with Gasteiger partial charge in [-0.25, -0.2) is 0 Å². The van der Waals surface area contributed by atoms with E-state index in [0.717, 1.165) is 17.1 Å². The molecule has 1 heteroatoms. The maximum atomic E-state index is 2.51. The molecular formula is C58H43N. The van der Waals surface area contributed by atoms with Crippen molar-refractivity contribution >= 4 is 17.1 Å². The quantitative estimate of drug-likeness (QED) is 0.157. The predicted molar refractivity (Wildman–Crippen MR) is 247 cm³/mol. The number of hydrogen-bond acceptors (Lipinski definition) is 1. The molecule has 59 heavy (non-hydrogen) atoms. The van der Waals surface area contributed by atoms with Gasteiger partial charge in [-0.15, -0.1) is 0 Å². The molecule has 0 heterocycles. The van der Waals surface area contributed by atoms with E-state index < -0.39 is 5.41 Å². The van der Waals surface area contributed by atoms with Crippen molar-refractivity contribution in [1.82, 2.24) is 0 Å². The summed E-state index contributed by atoms with van der Waals surface area (Å²) in [5.41, 5.74) is 20.6. The fourth-order valence-corrected chi connectivity index (χ4v) is 10.3. The number of anilines is 3. The normalized spacial score (nSPS) is 13.9. The molecule has 0 N–H and O–H groups in total. The van der Waals surface area contributed by atoms with Gasteiger partial charge in [0.1, 0.15) is 0 Å². The summed E-state index contributed by atoms with van der Waals surface area (Å²) in [7, 11) is 0. The molecule has 2 aliphatic carbocycles. The Hall–Kier alpha value is -7.22. The predicted octanol–water partition coefficient (Wildman–Crippen LogP) is 15.2. The van der Waals surface area contributed by atoms with Crippen molar-refractivity contribution < 1.29 is 0 Å². The third kappa shape index (κ3) is 5.31. The fraction of sp³-hybridized carbons (Fsp3) is 0.0690. The molecule has 0 saturated heterocycles. The first kappa shape index (κ1) is 35.0. The lowest BCUT2D eigenvalue weighted by Gasteiger charge is -2.35. The van der Waals surface area contributed by atoms with Crippen LogP contribution < -0.4 is 4.90 Å². The van der Waals surface area contributed by atoms with Crippen LogP contribution in [0.4, 0.5) is 17.1 Å². The van der Waals surface area contributed by atoms with Crippen molar-refractivity contribution in [2.24, 2.45) is 0 Å². The third-order valence-electron chi connectivity index (χ3n) is 13.0. The van der Waals surface area contributed by atoms with Crippen LogP contribution in [0.15, 0.2) is 224 Å². The van der Waals surface area contributed by atoms with Crippen LogP contribution in [0.1, 0.15) is 47.2 Å². The number of benzene rings is 9. The Morgan fingerprint density at radius 3 is 1.37 bits per heavy atom. The maximum absolute atomic E-state index is 2.51. The fourth-order valence-electron chi connectivity index (χ4n) is 10.3. The van der Waals surface area contributed by atoms with E-state index in [4.69, 9.17) is 0 Å². The summed E-state index contributed by atoms with van der Waals surface area (Å²) in [6.45, 7) is 4.73. The van der Waals surface area contributed by atoms with Gasteiger partial charge < -0.3 is 4.90 Å². The van der Waals surface area contributed by atoms with E-state index in [1.807, 2.05) is 0 Å². The minimum absolute atomic E-state index is 0.107. The summed E-state index contributed by atoms with van der Waals surface area (Å²) in [5, 5.41) is 0. The van der Waals surface area contributed by atoms with E-state index in [2.05, 4.69) is 243 Å². The molecule has 0 unspecified atom stereocenters. The molecule has 0 amide bonds. The van der Waals surface area contributed by atoms with E-state index in [0.29, 0.717) is 0 Å².